The summed E-state index contributed by atoms with van der Waals surface area (Å²) < 4.78 is 5.80. The Morgan fingerprint density at radius 3 is 2.28 bits per heavy atom. The maximum absolute atomic E-state index is 5.87. The van der Waals surface area contributed by atoms with Crippen molar-refractivity contribution in [2.24, 2.45) is 0 Å². The van der Waals surface area contributed by atoms with Crippen LogP contribution in [0.25, 0.3) is 0 Å². The fourth-order valence-corrected chi connectivity index (χ4v) is 2.01. The van der Waals surface area contributed by atoms with Crippen molar-refractivity contribution in [2.45, 2.75) is 25.8 Å². The number of hydrogen-bond donors (Lipinski definition) is 0. The van der Waals surface area contributed by atoms with Crippen molar-refractivity contribution < 1.29 is 4.74 Å². The number of ether oxygens (including phenoxy) is 1. The SMILES string of the molecule is CCc1ccc(COc2ccccc2CCl)cc1. The number of halogens is 1. The highest BCUT2D eigenvalue weighted by Crippen LogP contribution is 2.21. The molecule has 0 aliphatic carbocycles. The van der Waals surface area contributed by atoms with E-state index in [4.69, 9.17) is 16.3 Å². The lowest BCUT2D eigenvalue weighted by molar-refractivity contribution is 0.304. The Hall–Kier alpha value is -1.47. The molecule has 18 heavy (non-hydrogen) atoms. The zero-order valence-electron chi connectivity index (χ0n) is 10.5. The normalized spacial score (nSPS) is 10.3. The molecule has 0 bridgehead atoms. The molecular formula is C16H17ClO. The van der Waals surface area contributed by atoms with Crippen molar-refractivity contribution >= 4 is 11.6 Å². The van der Waals surface area contributed by atoms with Crippen LogP contribution in [0.3, 0.4) is 0 Å². The third-order valence-corrected chi connectivity index (χ3v) is 3.23. The summed E-state index contributed by atoms with van der Waals surface area (Å²) in [5, 5.41) is 0. The zero-order valence-corrected chi connectivity index (χ0v) is 11.3. The molecule has 0 saturated carbocycles. The van der Waals surface area contributed by atoms with E-state index < -0.39 is 0 Å². The first-order chi connectivity index (χ1) is 8.83. The molecule has 0 N–H and O–H groups in total. The maximum atomic E-state index is 5.87. The van der Waals surface area contributed by atoms with E-state index in [1.807, 2.05) is 24.3 Å². The highest BCUT2D eigenvalue weighted by molar-refractivity contribution is 6.17. The molecule has 94 valence electrons. The highest BCUT2D eigenvalue weighted by Gasteiger charge is 2.01. The van der Waals surface area contributed by atoms with E-state index in [0.29, 0.717) is 12.5 Å². The molecule has 0 unspecified atom stereocenters. The molecule has 0 heterocycles. The molecule has 0 saturated heterocycles. The van der Waals surface area contributed by atoms with Crippen LogP contribution in [0.4, 0.5) is 0 Å². The average molecular weight is 261 g/mol. The third-order valence-electron chi connectivity index (χ3n) is 2.94. The summed E-state index contributed by atoms with van der Waals surface area (Å²) in [6.45, 7) is 2.74. The predicted octanol–water partition coefficient (Wildman–Crippen LogP) is 4.57. The summed E-state index contributed by atoms with van der Waals surface area (Å²) in [6.07, 6.45) is 1.07. The van der Waals surface area contributed by atoms with Crippen molar-refractivity contribution in [3.63, 3.8) is 0 Å². The molecule has 0 aliphatic rings. The number of para-hydroxylation sites is 1. The van der Waals surface area contributed by atoms with Gasteiger partial charge in [0.2, 0.25) is 0 Å². The first-order valence-corrected chi connectivity index (χ1v) is 6.71. The number of aryl methyl sites for hydroxylation is 1. The van der Waals surface area contributed by atoms with Crippen LogP contribution in [0.2, 0.25) is 0 Å². The van der Waals surface area contributed by atoms with Gasteiger partial charge in [-0.2, -0.15) is 0 Å². The first kappa shape index (κ1) is 13.0. The van der Waals surface area contributed by atoms with Gasteiger partial charge >= 0.3 is 0 Å². The molecule has 0 fully saturated rings. The van der Waals surface area contributed by atoms with Gasteiger partial charge in [0.15, 0.2) is 0 Å². The fourth-order valence-electron chi connectivity index (χ4n) is 1.79. The zero-order chi connectivity index (χ0) is 12.8. The Kier molecular flexibility index (Phi) is 4.66. The van der Waals surface area contributed by atoms with E-state index in [0.717, 1.165) is 17.7 Å². The van der Waals surface area contributed by atoms with E-state index >= 15 is 0 Å². The van der Waals surface area contributed by atoms with Gasteiger partial charge in [0, 0.05) is 5.56 Å². The number of hydrogen-bond acceptors (Lipinski definition) is 1. The number of benzene rings is 2. The molecule has 2 heteroatoms. The average Bonchev–Trinajstić information content (AvgIpc) is 2.46. The van der Waals surface area contributed by atoms with Crippen LogP contribution in [0.1, 0.15) is 23.6 Å². The summed E-state index contributed by atoms with van der Waals surface area (Å²) in [5.74, 6) is 1.34. The van der Waals surface area contributed by atoms with Gasteiger partial charge in [0.25, 0.3) is 0 Å². The van der Waals surface area contributed by atoms with E-state index in [9.17, 15) is 0 Å². The molecule has 2 aromatic carbocycles. The van der Waals surface area contributed by atoms with Crippen LogP contribution < -0.4 is 4.74 Å². The highest BCUT2D eigenvalue weighted by atomic mass is 35.5. The summed E-state index contributed by atoms with van der Waals surface area (Å²) in [7, 11) is 0. The summed E-state index contributed by atoms with van der Waals surface area (Å²) >= 11 is 5.87. The van der Waals surface area contributed by atoms with Crippen molar-refractivity contribution in [1.82, 2.24) is 0 Å². The molecule has 2 aromatic rings. The lowest BCUT2D eigenvalue weighted by Crippen LogP contribution is -1.97. The van der Waals surface area contributed by atoms with Crippen LogP contribution in [-0.2, 0) is 18.9 Å². The molecule has 0 atom stereocenters. The lowest BCUT2D eigenvalue weighted by Gasteiger charge is -2.10. The van der Waals surface area contributed by atoms with Gasteiger partial charge in [-0.1, -0.05) is 49.4 Å². The molecular weight excluding hydrogens is 244 g/mol. The maximum Gasteiger partial charge on any atom is 0.124 e. The van der Waals surface area contributed by atoms with Crippen LogP contribution in [0, 0.1) is 0 Å². The molecule has 0 spiro atoms. The largest absolute Gasteiger partial charge is 0.489 e. The van der Waals surface area contributed by atoms with Gasteiger partial charge in [0.1, 0.15) is 12.4 Å². The van der Waals surface area contributed by atoms with Gasteiger partial charge in [-0.3, -0.25) is 0 Å². The van der Waals surface area contributed by atoms with E-state index in [-0.39, 0.29) is 0 Å². The van der Waals surface area contributed by atoms with Crippen molar-refractivity contribution in [3.8, 4) is 5.75 Å². The van der Waals surface area contributed by atoms with E-state index in [2.05, 4.69) is 31.2 Å². The number of alkyl halides is 1. The number of rotatable bonds is 5. The van der Waals surface area contributed by atoms with Crippen LogP contribution in [-0.4, -0.2) is 0 Å². The Balaban J connectivity index is 2.02. The molecule has 0 radical (unpaired) electrons. The second-order valence-electron chi connectivity index (χ2n) is 4.20. The van der Waals surface area contributed by atoms with Crippen molar-refractivity contribution in [1.29, 1.82) is 0 Å². The second kappa shape index (κ2) is 6.46. The standard InChI is InChI=1S/C16H17ClO/c1-2-13-7-9-14(10-8-13)12-18-16-6-4-3-5-15(16)11-17/h3-10H,2,11-12H2,1H3. The monoisotopic (exact) mass is 260 g/mol. The molecule has 0 aliphatic heterocycles. The van der Waals surface area contributed by atoms with E-state index in [1.54, 1.807) is 0 Å². The minimum atomic E-state index is 0.477. The fraction of sp³-hybridized carbons (Fsp3) is 0.250. The minimum Gasteiger partial charge on any atom is -0.489 e. The van der Waals surface area contributed by atoms with E-state index in [1.165, 1.54) is 11.1 Å². The van der Waals surface area contributed by atoms with Crippen molar-refractivity contribution in [2.75, 3.05) is 0 Å². The molecule has 2 rings (SSSR count). The van der Waals surface area contributed by atoms with Gasteiger partial charge in [-0.15, -0.1) is 11.6 Å². The Morgan fingerprint density at radius 2 is 1.61 bits per heavy atom. The van der Waals surface area contributed by atoms with Gasteiger partial charge in [0.05, 0.1) is 5.88 Å². The topological polar surface area (TPSA) is 9.23 Å². The Bertz CT molecular complexity index is 491. The quantitative estimate of drug-likeness (QED) is 0.716. The minimum absolute atomic E-state index is 0.477. The van der Waals surface area contributed by atoms with Crippen LogP contribution in [0.5, 0.6) is 5.75 Å². The van der Waals surface area contributed by atoms with Crippen LogP contribution >= 0.6 is 11.6 Å². The predicted molar refractivity (Wildman–Crippen MR) is 76.2 cm³/mol. The van der Waals surface area contributed by atoms with Crippen LogP contribution in [0.15, 0.2) is 48.5 Å². The van der Waals surface area contributed by atoms with Gasteiger partial charge in [-0.25, -0.2) is 0 Å². The Labute approximate surface area is 113 Å². The van der Waals surface area contributed by atoms with Gasteiger partial charge in [-0.05, 0) is 23.6 Å². The summed E-state index contributed by atoms with van der Waals surface area (Å²) in [5.41, 5.74) is 3.56. The lowest BCUT2D eigenvalue weighted by atomic mass is 10.1. The molecule has 0 aromatic heterocycles. The van der Waals surface area contributed by atoms with Crippen molar-refractivity contribution in [3.05, 3.63) is 65.2 Å². The third kappa shape index (κ3) is 3.27. The summed E-state index contributed by atoms with van der Waals surface area (Å²) in [6, 6.07) is 16.4. The Morgan fingerprint density at radius 1 is 0.944 bits per heavy atom. The summed E-state index contributed by atoms with van der Waals surface area (Å²) in [4.78, 5) is 0. The molecule has 0 amide bonds. The first-order valence-electron chi connectivity index (χ1n) is 6.18. The smallest absolute Gasteiger partial charge is 0.124 e. The van der Waals surface area contributed by atoms with Gasteiger partial charge < -0.3 is 4.74 Å². The molecule has 1 nitrogen and oxygen atoms in total. The second-order valence-corrected chi connectivity index (χ2v) is 4.47.